The van der Waals surface area contributed by atoms with E-state index in [1.54, 1.807) is 17.3 Å². The fraction of sp³-hybridized carbons (Fsp3) is 0.588. The Morgan fingerprint density at radius 1 is 1.39 bits per heavy atom. The standard InChI is InChI=1S/C17H23N3O3/c1-17(2,3)23-16(22)19-8-4-5-13(11-19)20-14-6-7-18-10-12(14)9-15(20)21/h6-7,10,13H,4-5,8-9,11H2,1-3H3. The van der Waals surface area contributed by atoms with E-state index in [-0.39, 0.29) is 18.0 Å². The van der Waals surface area contributed by atoms with Crippen molar-refractivity contribution in [2.45, 2.75) is 51.7 Å². The number of aromatic nitrogens is 1. The molecular weight excluding hydrogens is 294 g/mol. The van der Waals surface area contributed by atoms with Crippen LogP contribution in [0.3, 0.4) is 0 Å². The molecule has 0 saturated carbocycles. The quantitative estimate of drug-likeness (QED) is 0.798. The maximum atomic E-state index is 12.4. The van der Waals surface area contributed by atoms with E-state index in [9.17, 15) is 9.59 Å². The predicted octanol–water partition coefficient (Wildman–Crippen LogP) is 2.37. The summed E-state index contributed by atoms with van der Waals surface area (Å²) in [6, 6.07) is 1.89. The Morgan fingerprint density at radius 2 is 2.17 bits per heavy atom. The van der Waals surface area contributed by atoms with E-state index in [1.165, 1.54) is 0 Å². The van der Waals surface area contributed by atoms with Crippen LogP contribution in [0.1, 0.15) is 39.2 Å². The van der Waals surface area contributed by atoms with Crippen LogP contribution in [-0.2, 0) is 16.0 Å². The number of carbonyl (C=O) groups excluding carboxylic acids is 2. The largest absolute Gasteiger partial charge is 0.444 e. The average Bonchev–Trinajstić information content (AvgIpc) is 2.81. The number of rotatable bonds is 1. The Kier molecular flexibility index (Phi) is 4.00. The van der Waals surface area contributed by atoms with E-state index in [0.29, 0.717) is 19.5 Å². The van der Waals surface area contributed by atoms with Crippen LogP contribution in [0, 0.1) is 0 Å². The zero-order valence-corrected chi connectivity index (χ0v) is 13.9. The lowest BCUT2D eigenvalue weighted by Gasteiger charge is -2.38. The molecule has 124 valence electrons. The zero-order chi connectivity index (χ0) is 16.6. The second-order valence-corrected chi connectivity index (χ2v) is 7.17. The molecule has 2 amide bonds. The molecular formula is C17H23N3O3. The van der Waals surface area contributed by atoms with E-state index in [2.05, 4.69) is 4.98 Å². The summed E-state index contributed by atoms with van der Waals surface area (Å²) in [5, 5.41) is 0. The minimum atomic E-state index is -0.508. The SMILES string of the molecule is CC(C)(C)OC(=O)N1CCCC(N2C(=O)Cc3cnccc32)C1. The van der Waals surface area contributed by atoms with Gasteiger partial charge >= 0.3 is 6.09 Å². The first-order chi connectivity index (χ1) is 10.8. The first-order valence-electron chi connectivity index (χ1n) is 8.08. The number of ether oxygens (including phenoxy) is 1. The van der Waals surface area contributed by atoms with Crippen molar-refractivity contribution in [3.63, 3.8) is 0 Å². The van der Waals surface area contributed by atoms with Crippen molar-refractivity contribution in [3.05, 3.63) is 24.0 Å². The van der Waals surface area contributed by atoms with E-state index in [4.69, 9.17) is 4.74 Å². The van der Waals surface area contributed by atoms with Crippen molar-refractivity contribution in [2.24, 2.45) is 0 Å². The minimum absolute atomic E-state index is 0.00687. The van der Waals surface area contributed by atoms with Gasteiger partial charge in [-0.3, -0.25) is 9.78 Å². The van der Waals surface area contributed by atoms with Gasteiger partial charge in [0.05, 0.1) is 18.2 Å². The summed E-state index contributed by atoms with van der Waals surface area (Å²) in [6.45, 7) is 6.78. The number of nitrogens with zero attached hydrogens (tertiary/aromatic N) is 3. The number of amides is 2. The second-order valence-electron chi connectivity index (χ2n) is 7.17. The van der Waals surface area contributed by atoms with Crippen molar-refractivity contribution < 1.29 is 14.3 Å². The number of likely N-dealkylation sites (tertiary alicyclic amines) is 1. The fourth-order valence-corrected chi connectivity index (χ4v) is 3.23. The summed E-state index contributed by atoms with van der Waals surface area (Å²) in [6.07, 6.45) is 5.32. The van der Waals surface area contributed by atoms with Gasteiger partial charge in [-0.1, -0.05) is 0 Å². The average molecular weight is 317 g/mol. The molecule has 0 bridgehead atoms. The molecule has 1 saturated heterocycles. The molecule has 2 aliphatic heterocycles. The molecule has 1 aromatic heterocycles. The molecule has 1 atom stereocenters. The Morgan fingerprint density at radius 3 is 2.91 bits per heavy atom. The summed E-state index contributed by atoms with van der Waals surface area (Å²) < 4.78 is 5.46. The van der Waals surface area contributed by atoms with Gasteiger partial charge in [0.25, 0.3) is 0 Å². The molecule has 3 rings (SSSR count). The topological polar surface area (TPSA) is 62.7 Å². The molecule has 0 radical (unpaired) electrons. The number of hydrogen-bond acceptors (Lipinski definition) is 4. The normalized spacial score (nSPS) is 21.3. The van der Waals surface area contributed by atoms with Crippen LogP contribution in [0.5, 0.6) is 0 Å². The highest BCUT2D eigenvalue weighted by Crippen LogP contribution is 2.32. The lowest BCUT2D eigenvalue weighted by atomic mass is 10.0. The molecule has 6 nitrogen and oxygen atoms in total. The van der Waals surface area contributed by atoms with Crippen molar-refractivity contribution >= 4 is 17.7 Å². The fourth-order valence-electron chi connectivity index (χ4n) is 3.23. The Balaban J connectivity index is 1.74. The molecule has 1 unspecified atom stereocenters. The molecule has 1 aromatic rings. The smallest absolute Gasteiger partial charge is 0.410 e. The summed E-state index contributed by atoms with van der Waals surface area (Å²) in [5.74, 6) is 0.0871. The maximum absolute atomic E-state index is 12.4. The van der Waals surface area contributed by atoms with Crippen LogP contribution in [0.4, 0.5) is 10.5 Å². The summed E-state index contributed by atoms with van der Waals surface area (Å²) in [5.41, 5.74) is 1.39. The highest BCUT2D eigenvalue weighted by atomic mass is 16.6. The predicted molar refractivity (Wildman–Crippen MR) is 86.3 cm³/mol. The van der Waals surface area contributed by atoms with Gasteiger partial charge in [0.1, 0.15) is 5.60 Å². The number of hydrogen-bond donors (Lipinski definition) is 0. The van der Waals surface area contributed by atoms with Crippen LogP contribution < -0.4 is 4.90 Å². The highest BCUT2D eigenvalue weighted by Gasteiger charge is 2.37. The lowest BCUT2D eigenvalue weighted by molar-refractivity contribution is -0.118. The first-order valence-corrected chi connectivity index (χ1v) is 8.08. The van der Waals surface area contributed by atoms with Gasteiger partial charge in [0.2, 0.25) is 5.91 Å². The second kappa shape index (κ2) is 5.83. The van der Waals surface area contributed by atoms with Crippen LogP contribution in [0.2, 0.25) is 0 Å². The van der Waals surface area contributed by atoms with Crippen molar-refractivity contribution in [2.75, 3.05) is 18.0 Å². The Bertz CT molecular complexity index is 624. The molecule has 0 aromatic carbocycles. The molecule has 0 aliphatic carbocycles. The third-order valence-electron chi connectivity index (χ3n) is 4.16. The van der Waals surface area contributed by atoms with Crippen molar-refractivity contribution in [1.82, 2.24) is 9.88 Å². The minimum Gasteiger partial charge on any atom is -0.444 e. The Labute approximate surface area is 136 Å². The summed E-state index contributed by atoms with van der Waals surface area (Å²) >= 11 is 0. The maximum Gasteiger partial charge on any atom is 0.410 e. The number of carbonyl (C=O) groups is 2. The van der Waals surface area contributed by atoms with Crippen LogP contribution in [0.25, 0.3) is 0 Å². The van der Waals surface area contributed by atoms with Gasteiger partial charge in [-0.15, -0.1) is 0 Å². The molecule has 1 fully saturated rings. The lowest BCUT2D eigenvalue weighted by Crippen LogP contribution is -2.51. The first kappa shape index (κ1) is 15.8. The number of pyridine rings is 1. The third kappa shape index (κ3) is 3.30. The van der Waals surface area contributed by atoms with E-state index in [0.717, 1.165) is 24.1 Å². The molecule has 3 heterocycles. The summed E-state index contributed by atoms with van der Waals surface area (Å²) in [7, 11) is 0. The van der Waals surface area contributed by atoms with E-state index >= 15 is 0 Å². The van der Waals surface area contributed by atoms with Gasteiger partial charge in [-0.2, -0.15) is 0 Å². The molecule has 23 heavy (non-hydrogen) atoms. The highest BCUT2D eigenvalue weighted by molar-refractivity contribution is 6.01. The number of piperidine rings is 1. The molecule has 6 heteroatoms. The molecule has 2 aliphatic rings. The van der Waals surface area contributed by atoms with E-state index < -0.39 is 5.60 Å². The Hall–Kier alpha value is -2.11. The molecule has 0 N–H and O–H groups in total. The van der Waals surface area contributed by atoms with Crippen LogP contribution in [0.15, 0.2) is 18.5 Å². The van der Waals surface area contributed by atoms with Gasteiger partial charge in [0, 0.05) is 31.0 Å². The van der Waals surface area contributed by atoms with E-state index in [1.807, 2.05) is 31.7 Å². The monoisotopic (exact) mass is 317 g/mol. The van der Waals surface area contributed by atoms with Crippen molar-refractivity contribution in [1.29, 1.82) is 0 Å². The van der Waals surface area contributed by atoms with Crippen molar-refractivity contribution in [3.8, 4) is 0 Å². The number of fused-ring (bicyclic) bond motifs is 1. The third-order valence-corrected chi connectivity index (χ3v) is 4.16. The molecule has 0 spiro atoms. The zero-order valence-electron chi connectivity index (χ0n) is 13.9. The van der Waals surface area contributed by atoms with Crippen LogP contribution >= 0.6 is 0 Å². The van der Waals surface area contributed by atoms with Gasteiger partial charge in [-0.25, -0.2) is 4.79 Å². The summed E-state index contributed by atoms with van der Waals surface area (Å²) in [4.78, 5) is 32.3. The van der Waals surface area contributed by atoms with Gasteiger partial charge < -0.3 is 14.5 Å². The van der Waals surface area contributed by atoms with Crippen LogP contribution in [-0.4, -0.2) is 46.6 Å². The van der Waals surface area contributed by atoms with Gasteiger partial charge in [0.15, 0.2) is 0 Å². The van der Waals surface area contributed by atoms with Gasteiger partial charge in [-0.05, 0) is 39.7 Å². The number of anilines is 1.